The van der Waals surface area contributed by atoms with E-state index in [1.54, 1.807) is 0 Å². The van der Waals surface area contributed by atoms with Gasteiger partial charge < -0.3 is 5.11 Å². The third-order valence-corrected chi connectivity index (χ3v) is 3.56. The van der Waals surface area contributed by atoms with Crippen LogP contribution in [0.2, 0.25) is 0 Å². The van der Waals surface area contributed by atoms with Gasteiger partial charge in [0, 0.05) is 0 Å². The molecule has 0 saturated heterocycles. The van der Waals surface area contributed by atoms with Gasteiger partial charge in [0.2, 0.25) is 0 Å². The Morgan fingerprint density at radius 2 is 1.83 bits per heavy atom. The molecule has 1 rings (SSSR count). The van der Waals surface area contributed by atoms with Gasteiger partial charge >= 0.3 is 12.1 Å². The van der Waals surface area contributed by atoms with E-state index in [9.17, 15) is 30.8 Å². The number of carboxylic acid groups (broad SMARTS) is 1. The minimum atomic E-state index is -4.96. The highest BCUT2D eigenvalue weighted by Gasteiger charge is 2.36. The van der Waals surface area contributed by atoms with Gasteiger partial charge in [0.15, 0.2) is 15.6 Å². The Morgan fingerprint density at radius 3 is 2.28 bits per heavy atom. The van der Waals surface area contributed by atoms with Gasteiger partial charge in [0.25, 0.3) is 0 Å². The Bertz CT molecular complexity index is 577. The highest BCUT2D eigenvalue weighted by molar-refractivity contribution is 7.91. The fraction of sp³-hybridized carbons (Fsp3) is 0.222. The van der Waals surface area contributed by atoms with E-state index in [1.807, 2.05) is 0 Å². The van der Waals surface area contributed by atoms with E-state index < -0.39 is 44.0 Å². The number of rotatable bonds is 3. The number of alkyl halides is 3. The topological polar surface area (TPSA) is 71.4 Å². The first-order chi connectivity index (χ1) is 8.03. The lowest BCUT2D eigenvalue weighted by Crippen LogP contribution is -2.23. The maximum atomic E-state index is 12.9. The maximum Gasteiger partial charge on any atom is 0.403 e. The Hall–Kier alpha value is -1.64. The molecule has 0 bridgehead atoms. The number of hydrogen-bond donors (Lipinski definition) is 1. The number of carbonyl (C=O) groups is 1. The fourth-order valence-corrected chi connectivity index (χ4v) is 2.33. The van der Waals surface area contributed by atoms with Crippen molar-refractivity contribution in [3.63, 3.8) is 0 Å². The quantitative estimate of drug-likeness (QED) is 0.680. The zero-order valence-electron chi connectivity index (χ0n) is 8.53. The van der Waals surface area contributed by atoms with Crippen molar-refractivity contribution in [3.8, 4) is 0 Å². The van der Waals surface area contributed by atoms with Gasteiger partial charge in [-0.05, 0) is 18.2 Å². The molecule has 0 radical (unpaired) electrons. The van der Waals surface area contributed by atoms with Gasteiger partial charge in [-0.1, -0.05) is 0 Å². The first-order valence-corrected chi connectivity index (χ1v) is 6.00. The number of aromatic carboxylic acids is 1. The van der Waals surface area contributed by atoms with Crippen LogP contribution in [0.15, 0.2) is 23.1 Å². The number of carboxylic acids is 1. The van der Waals surface area contributed by atoms with Crippen molar-refractivity contribution in [1.29, 1.82) is 0 Å². The third-order valence-electron chi connectivity index (χ3n) is 1.88. The van der Waals surface area contributed by atoms with Gasteiger partial charge in [0.05, 0.1) is 10.5 Å². The summed E-state index contributed by atoms with van der Waals surface area (Å²) in [5.41, 5.74) is -1.00. The van der Waals surface area contributed by atoms with E-state index in [1.165, 1.54) is 0 Å². The second-order valence-electron chi connectivity index (χ2n) is 3.32. The predicted octanol–water partition coefficient (Wildman–Crippen LogP) is 1.86. The van der Waals surface area contributed by atoms with Crippen molar-refractivity contribution >= 4 is 15.8 Å². The molecule has 4 nitrogen and oxygen atoms in total. The molecule has 0 saturated carbocycles. The third kappa shape index (κ3) is 3.42. The molecule has 0 spiro atoms. The molecule has 9 heteroatoms. The summed E-state index contributed by atoms with van der Waals surface area (Å²) in [6, 6.07) is 1.44. The molecule has 0 aliphatic heterocycles. The molecule has 0 aliphatic carbocycles. The molecular weight excluding hydrogens is 280 g/mol. The van der Waals surface area contributed by atoms with Gasteiger partial charge in [-0.15, -0.1) is 0 Å². The molecule has 0 amide bonds. The first kappa shape index (κ1) is 14.4. The monoisotopic (exact) mass is 286 g/mol. The number of benzene rings is 1. The molecule has 1 aromatic carbocycles. The van der Waals surface area contributed by atoms with Crippen molar-refractivity contribution in [3.05, 3.63) is 29.6 Å². The Kier molecular flexibility index (Phi) is 3.65. The molecule has 0 atom stereocenters. The van der Waals surface area contributed by atoms with Crippen LogP contribution in [0.5, 0.6) is 0 Å². The van der Waals surface area contributed by atoms with E-state index >= 15 is 0 Å². The largest absolute Gasteiger partial charge is 0.478 e. The molecule has 1 N–H and O–H groups in total. The molecule has 0 unspecified atom stereocenters. The predicted molar refractivity (Wildman–Crippen MR) is 51.5 cm³/mol. The van der Waals surface area contributed by atoms with Crippen molar-refractivity contribution < 1.29 is 35.9 Å². The minimum absolute atomic E-state index is 0.360. The van der Waals surface area contributed by atoms with Crippen LogP contribution in [0.4, 0.5) is 17.6 Å². The molecule has 0 aliphatic rings. The summed E-state index contributed by atoms with van der Waals surface area (Å²) >= 11 is 0. The summed E-state index contributed by atoms with van der Waals surface area (Å²) in [6.07, 6.45) is -4.96. The standard InChI is InChI=1S/C9H6F4O4S/c10-7-2-1-5(3-6(7)8(14)15)18(16,17)4-9(11,12)13/h1-3H,4H2,(H,14,15). The lowest BCUT2D eigenvalue weighted by Gasteiger charge is -2.08. The normalized spacial score (nSPS) is 12.4. The highest BCUT2D eigenvalue weighted by atomic mass is 32.2. The minimum Gasteiger partial charge on any atom is -0.478 e. The van der Waals surface area contributed by atoms with Crippen molar-refractivity contribution in [2.45, 2.75) is 11.1 Å². The van der Waals surface area contributed by atoms with Crippen LogP contribution >= 0.6 is 0 Å². The molecule has 0 aromatic heterocycles. The smallest absolute Gasteiger partial charge is 0.403 e. The first-order valence-electron chi connectivity index (χ1n) is 4.35. The molecule has 18 heavy (non-hydrogen) atoms. The summed E-state index contributed by atoms with van der Waals surface area (Å²) in [5, 5.41) is 8.53. The summed E-state index contributed by atoms with van der Waals surface area (Å²) in [4.78, 5) is 9.64. The number of hydrogen-bond acceptors (Lipinski definition) is 3. The van der Waals surface area contributed by atoms with Crippen LogP contribution in [0.25, 0.3) is 0 Å². The van der Waals surface area contributed by atoms with Crippen molar-refractivity contribution in [2.75, 3.05) is 5.75 Å². The van der Waals surface area contributed by atoms with Gasteiger partial charge in [-0.3, -0.25) is 0 Å². The van der Waals surface area contributed by atoms with E-state index in [0.717, 1.165) is 0 Å². The maximum absolute atomic E-state index is 12.9. The summed E-state index contributed by atoms with van der Waals surface area (Å²) < 4.78 is 71.6. The van der Waals surface area contributed by atoms with Crippen LogP contribution in [0.1, 0.15) is 10.4 Å². The molecule has 1 aromatic rings. The van der Waals surface area contributed by atoms with E-state index in [-0.39, 0.29) is 0 Å². The van der Waals surface area contributed by atoms with E-state index in [4.69, 9.17) is 5.11 Å². The lowest BCUT2D eigenvalue weighted by molar-refractivity contribution is -0.106. The van der Waals surface area contributed by atoms with E-state index in [0.29, 0.717) is 18.2 Å². The summed E-state index contributed by atoms with van der Waals surface area (Å²) in [7, 11) is -4.75. The lowest BCUT2D eigenvalue weighted by atomic mass is 10.2. The summed E-state index contributed by atoms with van der Waals surface area (Å²) in [5.74, 6) is -5.13. The van der Waals surface area contributed by atoms with Crippen molar-refractivity contribution in [1.82, 2.24) is 0 Å². The van der Waals surface area contributed by atoms with Crippen molar-refractivity contribution in [2.24, 2.45) is 0 Å². The molecule has 100 valence electrons. The van der Waals surface area contributed by atoms with Crippen LogP contribution in [-0.2, 0) is 9.84 Å². The van der Waals surface area contributed by atoms with E-state index in [2.05, 4.69) is 0 Å². The highest BCUT2D eigenvalue weighted by Crippen LogP contribution is 2.23. The van der Waals surface area contributed by atoms with Crippen LogP contribution in [0.3, 0.4) is 0 Å². The summed E-state index contributed by atoms with van der Waals surface area (Å²) in [6.45, 7) is 0. The van der Waals surface area contributed by atoms with Gasteiger partial charge in [0.1, 0.15) is 5.82 Å². The molecule has 0 heterocycles. The Morgan fingerprint density at radius 1 is 1.28 bits per heavy atom. The number of sulfone groups is 1. The SMILES string of the molecule is O=C(O)c1cc(S(=O)(=O)CC(F)(F)F)ccc1F. The zero-order valence-corrected chi connectivity index (χ0v) is 9.35. The molecule has 0 fully saturated rings. The number of halogens is 4. The molecular formula is C9H6F4O4S. The Labute approximate surface area is 98.8 Å². The zero-order chi connectivity index (χ0) is 14.1. The second-order valence-corrected chi connectivity index (χ2v) is 5.31. The second kappa shape index (κ2) is 4.56. The fourth-order valence-electron chi connectivity index (χ4n) is 1.16. The average Bonchev–Trinajstić information content (AvgIpc) is 2.13. The van der Waals surface area contributed by atoms with Gasteiger partial charge in [-0.25, -0.2) is 17.6 Å². The average molecular weight is 286 g/mol. The van der Waals surface area contributed by atoms with Crippen LogP contribution in [-0.4, -0.2) is 31.4 Å². The van der Waals surface area contributed by atoms with Crippen LogP contribution in [0, 0.1) is 5.82 Å². The van der Waals surface area contributed by atoms with Gasteiger partial charge in [-0.2, -0.15) is 13.2 Å². The Balaban J connectivity index is 3.27. The van der Waals surface area contributed by atoms with Crippen LogP contribution < -0.4 is 0 Å².